The fourth-order valence-corrected chi connectivity index (χ4v) is 8.33. The van der Waals surface area contributed by atoms with E-state index >= 15 is 0 Å². The Labute approximate surface area is 282 Å². The van der Waals surface area contributed by atoms with Gasteiger partial charge in [0.05, 0.1) is 5.54 Å². The van der Waals surface area contributed by atoms with Crippen LogP contribution in [0.3, 0.4) is 0 Å². The van der Waals surface area contributed by atoms with Crippen molar-refractivity contribution in [1.29, 1.82) is 5.26 Å². The summed E-state index contributed by atoms with van der Waals surface area (Å²) in [5.41, 5.74) is 4.88. The molecule has 0 aliphatic carbocycles. The number of pyridine rings is 1. The maximum atomic E-state index is 13.0. The van der Waals surface area contributed by atoms with Gasteiger partial charge in [0.1, 0.15) is 30.7 Å². The number of nitrogens with zero attached hydrogens (tertiary/aromatic N) is 6. The number of rotatable bonds is 7. The van der Waals surface area contributed by atoms with Gasteiger partial charge in [-0.15, -0.1) is 0 Å². The molecule has 8 rings (SSSR count). The summed E-state index contributed by atoms with van der Waals surface area (Å²) >= 11 is 0. The van der Waals surface area contributed by atoms with Crippen molar-refractivity contribution in [3.8, 4) is 11.9 Å². The number of hydrogen-bond donors (Lipinski definition) is 0. The van der Waals surface area contributed by atoms with Crippen LogP contribution in [0.2, 0.25) is 0 Å². The topological polar surface area (TPSA) is 85.2 Å². The van der Waals surface area contributed by atoms with Crippen LogP contribution in [-0.2, 0) is 24.3 Å². The largest absolute Gasteiger partial charge is 0.475 e. The van der Waals surface area contributed by atoms with Crippen molar-refractivity contribution in [1.82, 2.24) is 14.8 Å². The van der Waals surface area contributed by atoms with E-state index in [1.165, 1.54) is 29.3 Å². The highest BCUT2D eigenvalue weighted by Crippen LogP contribution is 2.41. The van der Waals surface area contributed by atoms with Gasteiger partial charge >= 0.3 is 6.09 Å². The molecule has 0 spiro atoms. The molecule has 1 amide bonds. The van der Waals surface area contributed by atoms with Gasteiger partial charge in [0.2, 0.25) is 5.88 Å². The Morgan fingerprint density at radius 1 is 0.833 bits per heavy atom. The molecule has 5 heterocycles. The number of carbonyl (C=O) groups excluding carboxylic acids is 1. The normalized spacial score (nSPS) is 18.8. The lowest BCUT2D eigenvalue weighted by Crippen LogP contribution is -2.49. The Bertz CT molecular complexity index is 1830. The van der Waals surface area contributed by atoms with Crippen molar-refractivity contribution >= 4 is 28.4 Å². The van der Waals surface area contributed by atoms with Gasteiger partial charge in [-0.25, -0.2) is 4.79 Å². The first kappa shape index (κ1) is 30.5. The summed E-state index contributed by atoms with van der Waals surface area (Å²) in [4.78, 5) is 27.1. The molecule has 4 aliphatic rings. The van der Waals surface area contributed by atoms with Crippen molar-refractivity contribution in [3.05, 3.63) is 95.1 Å². The van der Waals surface area contributed by atoms with Crippen LogP contribution >= 0.6 is 0 Å². The number of amides is 1. The van der Waals surface area contributed by atoms with E-state index in [-0.39, 0.29) is 18.2 Å². The molecule has 9 nitrogen and oxygen atoms in total. The molecular weight excluding hydrogens is 600 g/mol. The van der Waals surface area contributed by atoms with Crippen LogP contribution in [0.25, 0.3) is 10.8 Å². The number of benzene rings is 3. The molecule has 4 aliphatic heterocycles. The first-order chi connectivity index (χ1) is 23.6. The van der Waals surface area contributed by atoms with Gasteiger partial charge in [0.25, 0.3) is 0 Å². The highest BCUT2D eigenvalue weighted by atomic mass is 16.6. The second-order valence-corrected chi connectivity index (χ2v) is 13.6. The van der Waals surface area contributed by atoms with Crippen molar-refractivity contribution in [2.45, 2.75) is 50.8 Å². The van der Waals surface area contributed by atoms with Crippen LogP contribution in [0.1, 0.15) is 47.9 Å². The van der Waals surface area contributed by atoms with Crippen LogP contribution in [0, 0.1) is 11.3 Å². The van der Waals surface area contributed by atoms with E-state index in [1.54, 1.807) is 4.90 Å². The third-order valence-electron chi connectivity index (χ3n) is 10.9. The quantitative estimate of drug-likeness (QED) is 0.238. The van der Waals surface area contributed by atoms with Gasteiger partial charge in [0.15, 0.2) is 0 Å². The molecule has 48 heavy (non-hydrogen) atoms. The smallest absolute Gasteiger partial charge is 0.410 e. The SMILES string of the molecule is N#Cc1c(OCC23CCCN2CCC3)nc(N2CCN(C(=O)OCc3ccccc3)CC2)c2c1CN(c1cccc3ccccc13)CC2. The highest BCUT2D eigenvalue weighted by molar-refractivity contribution is 5.94. The molecule has 246 valence electrons. The molecule has 0 bridgehead atoms. The van der Waals surface area contributed by atoms with Crippen molar-refractivity contribution in [2.75, 3.05) is 62.2 Å². The minimum atomic E-state index is -0.292. The number of nitriles is 1. The summed E-state index contributed by atoms with van der Waals surface area (Å²) < 4.78 is 12.3. The van der Waals surface area contributed by atoms with Gasteiger partial charge in [0, 0.05) is 61.5 Å². The Hall–Kier alpha value is -4.81. The van der Waals surface area contributed by atoms with E-state index in [9.17, 15) is 10.1 Å². The van der Waals surface area contributed by atoms with Gasteiger partial charge < -0.3 is 24.2 Å². The van der Waals surface area contributed by atoms with E-state index in [2.05, 4.69) is 63.2 Å². The number of anilines is 2. The summed E-state index contributed by atoms with van der Waals surface area (Å²) in [5.74, 6) is 1.34. The Morgan fingerprint density at radius 3 is 2.38 bits per heavy atom. The second kappa shape index (κ2) is 13.0. The summed E-state index contributed by atoms with van der Waals surface area (Å²) in [6, 6.07) is 27.2. The Kier molecular flexibility index (Phi) is 8.27. The van der Waals surface area contributed by atoms with Crippen LogP contribution in [-0.4, -0.2) is 78.8 Å². The second-order valence-electron chi connectivity index (χ2n) is 13.6. The predicted molar refractivity (Wildman–Crippen MR) is 186 cm³/mol. The van der Waals surface area contributed by atoms with Gasteiger partial charge in [-0.05, 0) is 62.2 Å². The predicted octanol–water partition coefficient (Wildman–Crippen LogP) is 6.14. The highest BCUT2D eigenvalue weighted by Gasteiger charge is 2.45. The molecule has 3 fully saturated rings. The molecular formula is C39H42N6O3. The van der Waals surface area contributed by atoms with Crippen molar-refractivity contribution < 1.29 is 14.3 Å². The van der Waals surface area contributed by atoms with Crippen LogP contribution in [0.5, 0.6) is 5.88 Å². The Balaban J connectivity index is 1.08. The lowest BCUT2D eigenvalue weighted by molar-refractivity contribution is 0.0940. The average Bonchev–Trinajstić information content (AvgIpc) is 3.73. The fourth-order valence-electron chi connectivity index (χ4n) is 8.33. The standard InChI is InChI=1S/C39H42N6O3/c40-25-33-34-26-44(35-14-6-12-30-11-4-5-13-31(30)35)20-15-32(34)36(41-37(33)48-28-39-16-7-18-45(39)19-8-17-39)42-21-23-43(24-22-42)38(46)47-27-29-9-2-1-3-10-29/h1-6,9-14H,7-8,15-24,26-28H2. The molecule has 0 N–H and O–H groups in total. The minimum absolute atomic E-state index is 0.0468. The zero-order valence-electron chi connectivity index (χ0n) is 27.4. The number of carbonyl (C=O) groups is 1. The Morgan fingerprint density at radius 2 is 1.58 bits per heavy atom. The number of aromatic nitrogens is 1. The van der Waals surface area contributed by atoms with E-state index in [4.69, 9.17) is 14.5 Å². The molecule has 4 aromatic rings. The molecule has 3 aromatic carbocycles. The summed E-state index contributed by atoms with van der Waals surface area (Å²) in [6.07, 6.45) is 5.12. The third kappa shape index (κ3) is 5.68. The molecule has 0 saturated carbocycles. The molecule has 9 heteroatoms. The zero-order valence-corrected chi connectivity index (χ0v) is 27.4. The first-order valence-electron chi connectivity index (χ1n) is 17.4. The van der Waals surface area contributed by atoms with Crippen LogP contribution < -0.4 is 14.5 Å². The molecule has 0 atom stereocenters. The summed E-state index contributed by atoms with van der Waals surface area (Å²) in [6.45, 7) is 6.85. The summed E-state index contributed by atoms with van der Waals surface area (Å²) in [5, 5.41) is 13.1. The number of hydrogen-bond acceptors (Lipinski definition) is 8. The first-order valence-corrected chi connectivity index (χ1v) is 17.4. The monoisotopic (exact) mass is 642 g/mol. The van der Waals surface area contributed by atoms with E-state index < -0.39 is 0 Å². The van der Waals surface area contributed by atoms with Crippen molar-refractivity contribution in [3.63, 3.8) is 0 Å². The third-order valence-corrected chi connectivity index (χ3v) is 10.9. The molecule has 0 unspecified atom stereocenters. The number of fused-ring (bicyclic) bond motifs is 3. The maximum absolute atomic E-state index is 13.0. The molecule has 1 aromatic heterocycles. The molecule has 3 saturated heterocycles. The van der Waals surface area contributed by atoms with Crippen molar-refractivity contribution in [2.24, 2.45) is 0 Å². The van der Waals surface area contributed by atoms with Gasteiger partial charge in [-0.1, -0.05) is 66.7 Å². The lowest BCUT2D eigenvalue weighted by atomic mass is 9.94. The molecule has 0 radical (unpaired) electrons. The lowest BCUT2D eigenvalue weighted by Gasteiger charge is -2.39. The van der Waals surface area contributed by atoms with E-state index in [0.717, 1.165) is 61.4 Å². The van der Waals surface area contributed by atoms with Gasteiger partial charge in [-0.2, -0.15) is 10.2 Å². The fraction of sp³-hybridized carbons (Fsp3) is 0.410. The van der Waals surface area contributed by atoms with Crippen LogP contribution in [0.4, 0.5) is 16.3 Å². The zero-order chi connectivity index (χ0) is 32.5. The average molecular weight is 643 g/mol. The number of piperazine rings is 1. The van der Waals surface area contributed by atoms with Crippen LogP contribution in [0.15, 0.2) is 72.8 Å². The van der Waals surface area contributed by atoms with E-state index in [1.807, 2.05) is 30.3 Å². The van der Waals surface area contributed by atoms with E-state index in [0.29, 0.717) is 50.8 Å². The maximum Gasteiger partial charge on any atom is 0.410 e. The number of ether oxygens (including phenoxy) is 2. The minimum Gasteiger partial charge on any atom is -0.475 e. The summed E-state index contributed by atoms with van der Waals surface area (Å²) in [7, 11) is 0. The van der Waals surface area contributed by atoms with Gasteiger partial charge in [-0.3, -0.25) is 4.90 Å².